The Kier molecular flexibility index (Phi) is 6.51. The molecule has 0 saturated carbocycles. The molecule has 0 atom stereocenters. The molecule has 1 saturated heterocycles. The number of nitrogens with zero attached hydrogens (tertiary/aromatic N) is 3. The summed E-state index contributed by atoms with van der Waals surface area (Å²) in [7, 11) is 1.54. The maximum atomic E-state index is 13.2. The summed E-state index contributed by atoms with van der Waals surface area (Å²) in [6.45, 7) is 7.24. The van der Waals surface area contributed by atoms with Crippen molar-refractivity contribution < 1.29 is 14.3 Å². The molecule has 1 aliphatic rings. The third-order valence-corrected chi connectivity index (χ3v) is 7.37. The summed E-state index contributed by atoms with van der Waals surface area (Å²) in [5.41, 5.74) is 1.80. The van der Waals surface area contributed by atoms with Gasteiger partial charge in [0.25, 0.3) is 11.5 Å². The van der Waals surface area contributed by atoms with Gasteiger partial charge in [0.2, 0.25) is 5.91 Å². The molecule has 1 aliphatic heterocycles. The van der Waals surface area contributed by atoms with E-state index in [1.54, 1.807) is 20.1 Å². The number of piperidine rings is 1. The monoisotopic (exact) mass is 468 g/mol. The molecular weight excluding hydrogens is 440 g/mol. The van der Waals surface area contributed by atoms with E-state index in [0.717, 1.165) is 18.4 Å². The maximum absolute atomic E-state index is 13.2. The average Bonchev–Trinajstić information content (AvgIpc) is 3.13. The number of carbonyl (C=O) groups excluding carboxylic acids is 2. The third kappa shape index (κ3) is 4.64. The van der Waals surface area contributed by atoms with Gasteiger partial charge in [-0.1, -0.05) is 13.0 Å². The van der Waals surface area contributed by atoms with Crippen LogP contribution in [0.3, 0.4) is 0 Å². The van der Waals surface area contributed by atoms with Gasteiger partial charge in [0.15, 0.2) is 0 Å². The molecule has 4 rings (SSSR count). The standard InChI is InChI=1S/C24H28N4O4S/c1-14-7-9-27(10-8-14)19(29)12-28-13-25-23-20(24(28)31)16(3)21(33-23)22(30)26-17-11-15(2)5-6-18(17)32-4/h5-6,11,13-14H,7-10,12H2,1-4H3,(H,26,30). The van der Waals surface area contributed by atoms with E-state index in [9.17, 15) is 14.4 Å². The summed E-state index contributed by atoms with van der Waals surface area (Å²) in [5, 5.41) is 3.26. The lowest BCUT2D eigenvalue weighted by Crippen LogP contribution is -2.41. The van der Waals surface area contributed by atoms with Crippen LogP contribution in [0.15, 0.2) is 29.3 Å². The number of likely N-dealkylation sites (tertiary alicyclic amines) is 1. The minimum absolute atomic E-state index is 0.0482. The molecule has 9 heteroatoms. The maximum Gasteiger partial charge on any atom is 0.266 e. The number of ether oxygens (including phenoxy) is 1. The highest BCUT2D eigenvalue weighted by molar-refractivity contribution is 7.20. The van der Waals surface area contributed by atoms with Crippen LogP contribution in [0, 0.1) is 19.8 Å². The number of rotatable bonds is 5. The molecule has 8 nitrogen and oxygen atoms in total. The van der Waals surface area contributed by atoms with Crippen molar-refractivity contribution >= 4 is 39.1 Å². The van der Waals surface area contributed by atoms with Crippen LogP contribution in [0.1, 0.15) is 40.6 Å². The van der Waals surface area contributed by atoms with Crippen LogP contribution < -0.4 is 15.6 Å². The lowest BCUT2D eigenvalue weighted by Gasteiger charge is -2.30. The summed E-state index contributed by atoms with van der Waals surface area (Å²) >= 11 is 1.17. The van der Waals surface area contributed by atoms with Gasteiger partial charge >= 0.3 is 0 Å². The first-order chi connectivity index (χ1) is 15.8. The number of nitrogens with one attached hydrogen (secondary N) is 1. The molecule has 1 fully saturated rings. The van der Waals surface area contributed by atoms with Crippen molar-refractivity contribution in [3.05, 3.63) is 50.9 Å². The van der Waals surface area contributed by atoms with E-state index in [2.05, 4.69) is 17.2 Å². The van der Waals surface area contributed by atoms with Gasteiger partial charge in [-0.05, 0) is 55.9 Å². The number of methoxy groups -OCH3 is 1. The molecule has 33 heavy (non-hydrogen) atoms. The van der Waals surface area contributed by atoms with Gasteiger partial charge in [-0.25, -0.2) is 4.98 Å². The Balaban J connectivity index is 1.59. The Bertz CT molecular complexity index is 1270. The zero-order valence-corrected chi connectivity index (χ0v) is 20.1. The largest absolute Gasteiger partial charge is 0.495 e. The summed E-state index contributed by atoms with van der Waals surface area (Å²) in [6.07, 6.45) is 3.36. The lowest BCUT2D eigenvalue weighted by molar-refractivity contribution is -0.133. The highest BCUT2D eigenvalue weighted by Gasteiger charge is 2.23. The highest BCUT2D eigenvalue weighted by Crippen LogP contribution is 2.30. The van der Waals surface area contributed by atoms with Gasteiger partial charge in [0, 0.05) is 13.1 Å². The second kappa shape index (κ2) is 9.35. The molecule has 0 aliphatic carbocycles. The van der Waals surface area contributed by atoms with Gasteiger partial charge in [-0.15, -0.1) is 11.3 Å². The fourth-order valence-corrected chi connectivity index (χ4v) is 5.13. The molecule has 0 unspecified atom stereocenters. The van der Waals surface area contributed by atoms with E-state index in [-0.39, 0.29) is 23.9 Å². The number of carbonyl (C=O) groups is 2. The van der Waals surface area contributed by atoms with Gasteiger partial charge in [0.1, 0.15) is 17.1 Å². The molecule has 0 bridgehead atoms. The molecule has 2 aromatic heterocycles. The number of aromatic nitrogens is 2. The Morgan fingerprint density at radius 1 is 1.24 bits per heavy atom. The number of fused-ring (bicyclic) bond motifs is 1. The van der Waals surface area contributed by atoms with E-state index >= 15 is 0 Å². The minimum atomic E-state index is -0.330. The highest BCUT2D eigenvalue weighted by atomic mass is 32.1. The third-order valence-electron chi connectivity index (χ3n) is 6.17. The first-order valence-electron chi connectivity index (χ1n) is 11.0. The van der Waals surface area contributed by atoms with Crippen molar-refractivity contribution in [3.63, 3.8) is 0 Å². The minimum Gasteiger partial charge on any atom is -0.495 e. The Hall–Kier alpha value is -3.20. The van der Waals surface area contributed by atoms with Crippen LogP contribution in [0.4, 0.5) is 5.69 Å². The second-order valence-electron chi connectivity index (χ2n) is 8.64. The normalized spacial score (nSPS) is 14.5. The van der Waals surface area contributed by atoms with Crippen LogP contribution in [0.5, 0.6) is 5.75 Å². The van der Waals surface area contributed by atoms with Crippen LogP contribution in [0.25, 0.3) is 10.2 Å². The fraction of sp³-hybridized carbons (Fsp3) is 0.417. The average molecular weight is 469 g/mol. The van der Waals surface area contributed by atoms with E-state index in [1.807, 2.05) is 24.0 Å². The SMILES string of the molecule is COc1ccc(C)cc1NC(=O)c1sc2ncn(CC(=O)N3CCC(C)CC3)c(=O)c2c1C. The molecule has 2 amide bonds. The number of anilines is 1. The summed E-state index contributed by atoms with van der Waals surface area (Å²) in [6, 6.07) is 5.53. The van der Waals surface area contributed by atoms with Crippen molar-refractivity contribution in [1.82, 2.24) is 14.5 Å². The van der Waals surface area contributed by atoms with Crippen molar-refractivity contribution in [2.75, 3.05) is 25.5 Å². The van der Waals surface area contributed by atoms with Gasteiger partial charge in [-0.3, -0.25) is 19.0 Å². The zero-order chi connectivity index (χ0) is 23.7. The Labute approximate surface area is 196 Å². The number of benzene rings is 1. The van der Waals surface area contributed by atoms with Gasteiger partial charge in [0.05, 0.1) is 29.4 Å². The molecular formula is C24H28N4O4S. The molecule has 174 valence electrons. The number of amides is 2. The predicted molar refractivity (Wildman–Crippen MR) is 129 cm³/mol. The van der Waals surface area contributed by atoms with E-state index in [4.69, 9.17) is 4.74 Å². The van der Waals surface area contributed by atoms with E-state index in [0.29, 0.717) is 51.1 Å². The predicted octanol–water partition coefficient (Wildman–Crippen LogP) is 3.59. The Morgan fingerprint density at radius 2 is 1.97 bits per heavy atom. The van der Waals surface area contributed by atoms with Crippen LogP contribution in [-0.2, 0) is 11.3 Å². The van der Waals surface area contributed by atoms with Crippen molar-refractivity contribution in [1.29, 1.82) is 0 Å². The molecule has 3 heterocycles. The van der Waals surface area contributed by atoms with Gasteiger partial charge < -0.3 is 15.0 Å². The molecule has 0 spiro atoms. The fourth-order valence-electron chi connectivity index (χ4n) is 4.09. The zero-order valence-electron chi connectivity index (χ0n) is 19.3. The topological polar surface area (TPSA) is 93.5 Å². The molecule has 1 aromatic carbocycles. The summed E-state index contributed by atoms with van der Waals surface area (Å²) in [4.78, 5) is 46.0. The quantitative estimate of drug-likeness (QED) is 0.618. The van der Waals surface area contributed by atoms with Crippen molar-refractivity contribution in [2.24, 2.45) is 5.92 Å². The second-order valence-corrected chi connectivity index (χ2v) is 9.63. The van der Waals surface area contributed by atoms with Crippen molar-refractivity contribution in [2.45, 2.75) is 40.2 Å². The van der Waals surface area contributed by atoms with Crippen molar-refractivity contribution in [3.8, 4) is 5.75 Å². The number of thiophene rings is 1. The molecule has 0 radical (unpaired) electrons. The number of aryl methyl sites for hydroxylation is 2. The van der Waals surface area contributed by atoms with E-state index < -0.39 is 0 Å². The number of hydrogen-bond acceptors (Lipinski definition) is 6. The smallest absolute Gasteiger partial charge is 0.266 e. The van der Waals surface area contributed by atoms with Gasteiger partial charge in [-0.2, -0.15) is 0 Å². The Morgan fingerprint density at radius 3 is 2.67 bits per heavy atom. The van der Waals surface area contributed by atoms with E-state index in [1.165, 1.54) is 22.2 Å². The lowest BCUT2D eigenvalue weighted by atomic mass is 9.99. The summed E-state index contributed by atoms with van der Waals surface area (Å²) < 4.78 is 6.68. The molecule has 3 aromatic rings. The number of hydrogen-bond donors (Lipinski definition) is 1. The molecule has 1 N–H and O–H groups in total. The van der Waals surface area contributed by atoms with Crippen LogP contribution in [-0.4, -0.2) is 46.5 Å². The van der Waals surface area contributed by atoms with Crippen LogP contribution >= 0.6 is 11.3 Å². The van der Waals surface area contributed by atoms with Crippen LogP contribution in [0.2, 0.25) is 0 Å². The first kappa shape index (κ1) is 23.0. The summed E-state index contributed by atoms with van der Waals surface area (Å²) in [5.74, 6) is 0.762. The first-order valence-corrected chi connectivity index (χ1v) is 11.8.